The Labute approximate surface area is 224 Å². The fraction of sp³-hybridized carbons (Fsp3) is 0.448. The van der Waals surface area contributed by atoms with Gasteiger partial charge in [0.2, 0.25) is 0 Å². The van der Waals surface area contributed by atoms with Gasteiger partial charge in [-0.15, -0.1) is 0 Å². The number of hydrogen-bond acceptors (Lipinski definition) is 6. The third-order valence-corrected chi connectivity index (χ3v) is 6.29. The van der Waals surface area contributed by atoms with E-state index in [0.29, 0.717) is 18.8 Å². The summed E-state index contributed by atoms with van der Waals surface area (Å²) in [5.74, 6) is -0.317. The highest BCUT2D eigenvalue weighted by atomic mass is 16.6. The van der Waals surface area contributed by atoms with Gasteiger partial charge in [0.1, 0.15) is 11.9 Å². The maximum Gasteiger partial charge on any atom is 0.407 e. The molecule has 0 radical (unpaired) electrons. The average Bonchev–Trinajstić information content (AvgIpc) is 3.34. The predicted octanol–water partition coefficient (Wildman–Crippen LogP) is 4.95. The molecule has 1 aromatic carbocycles. The number of alkyl carbamates (subject to hydrolysis) is 1. The quantitative estimate of drug-likeness (QED) is 0.328. The van der Waals surface area contributed by atoms with Crippen LogP contribution in [0.25, 0.3) is 11.3 Å². The molecule has 3 aromatic rings. The van der Waals surface area contributed by atoms with Gasteiger partial charge in [0.25, 0.3) is 5.91 Å². The van der Waals surface area contributed by atoms with Crippen molar-refractivity contribution in [3.8, 4) is 11.3 Å². The highest BCUT2D eigenvalue weighted by Gasteiger charge is 2.32. The van der Waals surface area contributed by atoms with Crippen LogP contribution in [0.15, 0.2) is 60.9 Å². The van der Waals surface area contributed by atoms with Crippen LogP contribution in [0.1, 0.15) is 52.5 Å². The Bertz CT molecular complexity index is 1170. The first kappa shape index (κ1) is 28.8. The monoisotopic (exact) mass is 521 g/mol. The van der Waals surface area contributed by atoms with E-state index in [2.05, 4.69) is 20.7 Å². The van der Waals surface area contributed by atoms with Crippen LogP contribution in [0.3, 0.4) is 0 Å². The fourth-order valence-corrected chi connectivity index (χ4v) is 3.87. The summed E-state index contributed by atoms with van der Waals surface area (Å²) >= 11 is 0. The molecule has 9 nitrogen and oxygen atoms in total. The number of nitrogens with zero attached hydrogens (tertiary/aromatic N) is 3. The van der Waals surface area contributed by atoms with Gasteiger partial charge in [-0.2, -0.15) is 5.10 Å². The number of benzene rings is 1. The maximum atomic E-state index is 13.0. The SMILES string of the molecule is CCCC[C@H](NC(=O)O[C@H](Cn1ccc(-c2ccc(C)cc2)n1)C(C)(C)C)[C@H](O)C(=O)Nc1ccccn1. The first-order chi connectivity index (χ1) is 18.1. The molecule has 38 heavy (non-hydrogen) atoms. The molecule has 3 atom stereocenters. The molecule has 9 heteroatoms. The number of aliphatic hydroxyl groups excluding tert-OH is 1. The molecular formula is C29H39N5O4. The number of unbranched alkanes of at least 4 members (excludes halogenated alkanes) is 1. The number of aliphatic hydroxyl groups is 1. The lowest BCUT2D eigenvalue weighted by Crippen LogP contribution is -2.50. The van der Waals surface area contributed by atoms with Crippen molar-refractivity contribution < 1.29 is 19.4 Å². The van der Waals surface area contributed by atoms with E-state index in [-0.39, 0.29) is 5.41 Å². The zero-order chi connectivity index (χ0) is 27.7. The van der Waals surface area contributed by atoms with Gasteiger partial charge in [0.15, 0.2) is 6.10 Å². The number of ether oxygens (including phenoxy) is 1. The van der Waals surface area contributed by atoms with Crippen molar-refractivity contribution in [3.05, 3.63) is 66.5 Å². The number of aryl methyl sites for hydroxylation is 1. The second-order valence-corrected chi connectivity index (χ2v) is 10.6. The topological polar surface area (TPSA) is 118 Å². The van der Waals surface area contributed by atoms with E-state index in [9.17, 15) is 14.7 Å². The summed E-state index contributed by atoms with van der Waals surface area (Å²) in [5.41, 5.74) is 2.64. The van der Waals surface area contributed by atoms with Crippen molar-refractivity contribution in [1.29, 1.82) is 0 Å². The summed E-state index contributed by atoms with van der Waals surface area (Å²) in [7, 11) is 0. The van der Waals surface area contributed by atoms with Crippen molar-refractivity contribution >= 4 is 17.8 Å². The number of aromatic nitrogens is 3. The Morgan fingerprint density at radius 1 is 1.11 bits per heavy atom. The number of amides is 2. The zero-order valence-electron chi connectivity index (χ0n) is 22.8. The lowest BCUT2D eigenvalue weighted by molar-refractivity contribution is -0.125. The van der Waals surface area contributed by atoms with Gasteiger partial charge in [-0.1, -0.05) is 76.4 Å². The summed E-state index contributed by atoms with van der Waals surface area (Å²) in [6.45, 7) is 10.3. The van der Waals surface area contributed by atoms with Crippen molar-refractivity contribution in [1.82, 2.24) is 20.1 Å². The Kier molecular flexibility index (Phi) is 10.0. The molecule has 0 saturated heterocycles. The molecular weight excluding hydrogens is 482 g/mol. The zero-order valence-corrected chi connectivity index (χ0v) is 22.8. The lowest BCUT2D eigenvalue weighted by Gasteiger charge is -2.31. The molecule has 0 bridgehead atoms. The third-order valence-electron chi connectivity index (χ3n) is 6.29. The molecule has 0 aliphatic heterocycles. The van der Waals surface area contributed by atoms with Crippen LogP contribution in [-0.2, 0) is 16.1 Å². The molecule has 0 saturated carbocycles. The average molecular weight is 522 g/mol. The Hall–Kier alpha value is -3.72. The first-order valence-corrected chi connectivity index (χ1v) is 13.0. The van der Waals surface area contributed by atoms with Gasteiger partial charge < -0.3 is 20.5 Å². The maximum absolute atomic E-state index is 13.0. The summed E-state index contributed by atoms with van der Waals surface area (Å²) < 4.78 is 7.61. The molecule has 0 unspecified atom stereocenters. The number of carbonyl (C=O) groups excluding carboxylic acids is 2. The minimum Gasteiger partial charge on any atom is -0.444 e. The summed E-state index contributed by atoms with van der Waals surface area (Å²) in [6, 6.07) is 14.3. The standard InChI is InChI=1S/C29H39N5O4/c1-6-7-10-23(26(35)27(36)32-25-11-8-9-17-30-25)31-28(37)38-24(29(3,4)5)19-34-18-16-22(33-34)21-14-12-20(2)13-15-21/h8-9,11-18,23-24,26,35H,6-7,10,19H2,1-5H3,(H,31,37)(H,30,32,36)/t23-,24+,26-/m0/s1. The van der Waals surface area contributed by atoms with Crippen molar-refractivity contribution in [3.63, 3.8) is 0 Å². The molecule has 2 amide bonds. The second-order valence-electron chi connectivity index (χ2n) is 10.6. The van der Waals surface area contributed by atoms with Crippen LogP contribution in [0, 0.1) is 12.3 Å². The molecule has 3 rings (SSSR count). The lowest BCUT2D eigenvalue weighted by atomic mass is 9.89. The normalized spacial score (nSPS) is 13.8. The van der Waals surface area contributed by atoms with E-state index < -0.39 is 30.3 Å². The van der Waals surface area contributed by atoms with E-state index in [1.165, 1.54) is 5.56 Å². The van der Waals surface area contributed by atoms with Gasteiger partial charge in [-0.3, -0.25) is 9.48 Å². The van der Waals surface area contributed by atoms with Gasteiger partial charge in [-0.25, -0.2) is 9.78 Å². The van der Waals surface area contributed by atoms with Crippen LogP contribution >= 0.6 is 0 Å². The minimum atomic E-state index is -1.47. The molecule has 2 heterocycles. The molecule has 0 aliphatic carbocycles. The van der Waals surface area contributed by atoms with E-state index in [4.69, 9.17) is 4.74 Å². The summed E-state index contributed by atoms with van der Waals surface area (Å²) in [6.07, 6.45) is 2.72. The van der Waals surface area contributed by atoms with E-state index in [1.807, 2.05) is 71.1 Å². The minimum absolute atomic E-state index is 0.324. The first-order valence-electron chi connectivity index (χ1n) is 13.0. The molecule has 0 aliphatic rings. The molecule has 3 N–H and O–H groups in total. The number of pyridine rings is 1. The highest BCUT2D eigenvalue weighted by molar-refractivity contribution is 5.94. The molecule has 204 valence electrons. The number of anilines is 1. The molecule has 0 fully saturated rings. The molecule has 0 spiro atoms. The van der Waals surface area contributed by atoms with Crippen LogP contribution in [0.2, 0.25) is 0 Å². The largest absolute Gasteiger partial charge is 0.444 e. The van der Waals surface area contributed by atoms with E-state index in [0.717, 1.165) is 24.1 Å². The highest BCUT2D eigenvalue weighted by Crippen LogP contribution is 2.25. The number of hydrogen-bond donors (Lipinski definition) is 3. The van der Waals surface area contributed by atoms with Gasteiger partial charge in [0, 0.05) is 23.4 Å². The van der Waals surface area contributed by atoms with Crippen LogP contribution in [0.5, 0.6) is 0 Å². The summed E-state index contributed by atoms with van der Waals surface area (Å²) in [5, 5.41) is 20.7. The fourth-order valence-electron chi connectivity index (χ4n) is 3.87. The van der Waals surface area contributed by atoms with Crippen molar-refractivity contribution in [2.45, 2.75) is 78.7 Å². The Morgan fingerprint density at radius 3 is 2.47 bits per heavy atom. The van der Waals surface area contributed by atoms with Gasteiger partial charge >= 0.3 is 6.09 Å². The Balaban J connectivity index is 1.66. The van der Waals surface area contributed by atoms with Crippen LogP contribution < -0.4 is 10.6 Å². The summed E-state index contributed by atoms with van der Waals surface area (Å²) in [4.78, 5) is 29.7. The predicted molar refractivity (Wildman–Crippen MR) is 147 cm³/mol. The number of carbonyl (C=O) groups is 2. The van der Waals surface area contributed by atoms with Gasteiger partial charge in [0.05, 0.1) is 18.3 Å². The van der Waals surface area contributed by atoms with Crippen LogP contribution in [-0.4, -0.2) is 50.1 Å². The third kappa shape index (κ3) is 8.41. The molecule has 2 aromatic heterocycles. The van der Waals surface area contributed by atoms with Gasteiger partial charge in [-0.05, 0) is 31.5 Å². The van der Waals surface area contributed by atoms with Crippen molar-refractivity contribution in [2.75, 3.05) is 5.32 Å². The van der Waals surface area contributed by atoms with E-state index >= 15 is 0 Å². The van der Waals surface area contributed by atoms with Crippen molar-refractivity contribution in [2.24, 2.45) is 5.41 Å². The smallest absolute Gasteiger partial charge is 0.407 e. The second kappa shape index (κ2) is 13.2. The van der Waals surface area contributed by atoms with Crippen LogP contribution in [0.4, 0.5) is 10.6 Å². The Morgan fingerprint density at radius 2 is 1.84 bits per heavy atom. The number of nitrogens with one attached hydrogen (secondary N) is 2. The van der Waals surface area contributed by atoms with E-state index in [1.54, 1.807) is 29.1 Å². The number of rotatable bonds is 11.